The van der Waals surface area contributed by atoms with E-state index in [0.29, 0.717) is 35.7 Å². The third kappa shape index (κ3) is 5.85. The van der Waals surface area contributed by atoms with Crippen LogP contribution in [-0.4, -0.2) is 52.9 Å². The first-order valence-electron chi connectivity index (χ1n) is 11.6. The molecule has 0 saturated heterocycles. The summed E-state index contributed by atoms with van der Waals surface area (Å²) >= 11 is 1.29. The lowest BCUT2D eigenvalue weighted by Crippen LogP contribution is -2.36. The Labute approximate surface area is 214 Å². The van der Waals surface area contributed by atoms with Crippen LogP contribution in [0.2, 0.25) is 0 Å². The summed E-state index contributed by atoms with van der Waals surface area (Å²) in [6, 6.07) is 16.7. The highest BCUT2D eigenvalue weighted by atomic mass is 32.2. The van der Waals surface area contributed by atoms with Crippen LogP contribution in [0.25, 0.3) is 0 Å². The van der Waals surface area contributed by atoms with E-state index in [1.807, 2.05) is 49.4 Å². The van der Waals surface area contributed by atoms with Crippen LogP contribution in [0.5, 0.6) is 11.5 Å². The average molecular weight is 505 g/mol. The Bertz CT molecular complexity index is 1250. The zero-order chi connectivity index (χ0) is 25.5. The van der Waals surface area contributed by atoms with Gasteiger partial charge in [0.15, 0.2) is 11.5 Å². The average Bonchev–Trinajstić information content (AvgIpc) is 2.93. The van der Waals surface area contributed by atoms with Crippen LogP contribution in [0.1, 0.15) is 34.8 Å². The molecule has 4 rings (SSSR count). The highest BCUT2D eigenvalue weighted by molar-refractivity contribution is 8.14. The van der Waals surface area contributed by atoms with Gasteiger partial charge in [0, 0.05) is 30.2 Å². The molecule has 0 radical (unpaired) electrons. The van der Waals surface area contributed by atoms with E-state index in [9.17, 15) is 9.59 Å². The number of carbonyl (C=O) groups excluding carboxylic acids is 2. The van der Waals surface area contributed by atoms with Crippen LogP contribution >= 0.6 is 11.8 Å². The van der Waals surface area contributed by atoms with Gasteiger partial charge in [0.05, 0.1) is 30.7 Å². The van der Waals surface area contributed by atoms with Crippen LogP contribution < -0.4 is 14.8 Å². The van der Waals surface area contributed by atoms with Crippen molar-refractivity contribution >= 4 is 34.3 Å². The minimum Gasteiger partial charge on any atom is -0.493 e. The summed E-state index contributed by atoms with van der Waals surface area (Å²) in [5.74, 6) is 1.05. The number of hydrogen-bond acceptors (Lipinski definition) is 7. The van der Waals surface area contributed by atoms with Gasteiger partial charge < -0.3 is 14.8 Å². The second-order valence-electron chi connectivity index (χ2n) is 8.10. The Morgan fingerprint density at radius 2 is 1.86 bits per heavy atom. The number of thioether (sulfide) groups is 1. The maximum atomic E-state index is 12.8. The smallest absolute Gasteiger partial charge is 0.302 e. The maximum Gasteiger partial charge on any atom is 0.302 e. The highest BCUT2D eigenvalue weighted by Gasteiger charge is 2.30. The molecule has 36 heavy (non-hydrogen) atoms. The van der Waals surface area contributed by atoms with Crippen molar-refractivity contribution in [3.05, 3.63) is 83.7 Å². The molecular formula is C27H28N4O4S. The quantitative estimate of drug-likeness (QED) is 0.428. The van der Waals surface area contributed by atoms with Crippen molar-refractivity contribution in [2.24, 2.45) is 5.10 Å². The van der Waals surface area contributed by atoms with E-state index in [0.717, 1.165) is 23.3 Å². The SMILES string of the molecule is CCC1SC(=O)N(CCc2ccc(NC(=O)c3cccnc3)cc2)N=C1c1ccc(OC)c(OC)c1. The molecule has 3 aromatic rings. The number of methoxy groups -OCH3 is 2. The molecule has 0 spiro atoms. The Morgan fingerprint density at radius 1 is 1.08 bits per heavy atom. The standard InChI is InChI=1S/C27H28N4O4S/c1-4-24-25(19-9-12-22(34-2)23(16-19)35-3)30-31(27(33)36-24)15-13-18-7-10-21(11-8-18)29-26(32)20-6-5-14-28-17-20/h5-12,14,16-17,24H,4,13,15H2,1-3H3,(H,29,32). The first-order valence-corrected chi connectivity index (χ1v) is 12.5. The molecule has 1 aliphatic heterocycles. The molecule has 0 fully saturated rings. The van der Waals surface area contributed by atoms with Crippen molar-refractivity contribution in [3.8, 4) is 11.5 Å². The van der Waals surface area contributed by atoms with Gasteiger partial charge in [0.2, 0.25) is 0 Å². The number of rotatable bonds is 9. The number of hydrogen-bond donors (Lipinski definition) is 1. The van der Waals surface area contributed by atoms with Crippen LogP contribution in [-0.2, 0) is 6.42 Å². The monoisotopic (exact) mass is 504 g/mol. The minimum absolute atomic E-state index is 0.0328. The van der Waals surface area contributed by atoms with Gasteiger partial charge in [-0.25, -0.2) is 5.01 Å². The third-order valence-electron chi connectivity index (χ3n) is 5.79. The number of ether oxygens (including phenoxy) is 2. The largest absolute Gasteiger partial charge is 0.493 e. The van der Waals surface area contributed by atoms with Gasteiger partial charge in [0.1, 0.15) is 0 Å². The molecule has 9 heteroatoms. The van der Waals surface area contributed by atoms with Gasteiger partial charge in [0.25, 0.3) is 5.91 Å². The Morgan fingerprint density at radius 3 is 2.53 bits per heavy atom. The molecule has 2 aromatic carbocycles. The summed E-state index contributed by atoms with van der Waals surface area (Å²) < 4.78 is 10.8. The first-order chi connectivity index (χ1) is 17.5. The minimum atomic E-state index is -0.214. The molecule has 1 N–H and O–H groups in total. The van der Waals surface area contributed by atoms with E-state index in [4.69, 9.17) is 14.6 Å². The van der Waals surface area contributed by atoms with Gasteiger partial charge >= 0.3 is 5.24 Å². The molecule has 0 saturated carbocycles. The Hall–Kier alpha value is -3.85. The van der Waals surface area contributed by atoms with Crippen LogP contribution in [0.15, 0.2) is 72.1 Å². The second kappa shape index (κ2) is 11.7. The molecule has 8 nitrogen and oxygen atoms in total. The van der Waals surface area contributed by atoms with Crippen molar-refractivity contribution in [2.45, 2.75) is 25.0 Å². The van der Waals surface area contributed by atoms with Crippen LogP contribution in [0.4, 0.5) is 10.5 Å². The third-order valence-corrected chi connectivity index (χ3v) is 7.04. The van der Waals surface area contributed by atoms with Crippen molar-refractivity contribution in [2.75, 3.05) is 26.1 Å². The van der Waals surface area contributed by atoms with Crippen molar-refractivity contribution < 1.29 is 19.1 Å². The van der Waals surface area contributed by atoms with E-state index < -0.39 is 0 Å². The van der Waals surface area contributed by atoms with E-state index in [1.54, 1.807) is 32.5 Å². The fourth-order valence-electron chi connectivity index (χ4n) is 3.82. The Balaban J connectivity index is 1.45. The molecule has 2 amide bonds. The first kappa shape index (κ1) is 25.2. The van der Waals surface area contributed by atoms with Gasteiger partial charge in [-0.1, -0.05) is 30.8 Å². The second-order valence-corrected chi connectivity index (χ2v) is 9.26. The fourth-order valence-corrected chi connectivity index (χ4v) is 4.78. The van der Waals surface area contributed by atoms with Gasteiger partial charge in [-0.05, 0) is 60.9 Å². The van der Waals surface area contributed by atoms with Gasteiger partial charge in [-0.2, -0.15) is 5.10 Å². The number of anilines is 1. The number of amides is 2. The highest BCUT2D eigenvalue weighted by Crippen LogP contribution is 2.33. The van der Waals surface area contributed by atoms with Crippen LogP contribution in [0.3, 0.4) is 0 Å². The summed E-state index contributed by atoms with van der Waals surface area (Å²) in [5.41, 5.74) is 3.97. The summed E-state index contributed by atoms with van der Waals surface area (Å²) in [6.07, 6.45) is 4.56. The van der Waals surface area contributed by atoms with E-state index in [-0.39, 0.29) is 16.4 Å². The lowest BCUT2D eigenvalue weighted by Gasteiger charge is -2.28. The van der Waals surface area contributed by atoms with Crippen molar-refractivity contribution in [1.82, 2.24) is 9.99 Å². The normalized spacial score (nSPS) is 15.3. The predicted octanol–water partition coefficient (Wildman–Crippen LogP) is 5.25. The number of hydrazone groups is 1. The number of nitrogens with one attached hydrogen (secondary N) is 1. The number of carbonyl (C=O) groups is 2. The molecule has 1 aliphatic rings. The zero-order valence-corrected chi connectivity index (χ0v) is 21.2. The molecule has 1 aromatic heterocycles. The predicted molar refractivity (Wildman–Crippen MR) is 142 cm³/mol. The van der Waals surface area contributed by atoms with E-state index >= 15 is 0 Å². The Kier molecular flexibility index (Phi) is 8.22. The number of nitrogens with zero attached hydrogens (tertiary/aromatic N) is 3. The van der Waals surface area contributed by atoms with E-state index in [2.05, 4.69) is 10.3 Å². The molecule has 2 heterocycles. The number of pyridine rings is 1. The van der Waals surface area contributed by atoms with Crippen LogP contribution in [0, 0.1) is 0 Å². The maximum absolute atomic E-state index is 12.8. The van der Waals surface area contributed by atoms with Gasteiger partial charge in [-0.15, -0.1) is 0 Å². The van der Waals surface area contributed by atoms with E-state index in [1.165, 1.54) is 23.0 Å². The summed E-state index contributed by atoms with van der Waals surface area (Å²) in [7, 11) is 3.20. The summed E-state index contributed by atoms with van der Waals surface area (Å²) in [5, 5.41) is 9.04. The molecule has 0 bridgehead atoms. The molecular weight excluding hydrogens is 476 g/mol. The molecule has 186 valence electrons. The number of benzene rings is 2. The van der Waals surface area contributed by atoms with Gasteiger partial charge in [-0.3, -0.25) is 14.6 Å². The summed E-state index contributed by atoms with van der Waals surface area (Å²) in [6.45, 7) is 2.49. The molecule has 1 atom stereocenters. The lowest BCUT2D eigenvalue weighted by molar-refractivity contribution is 0.102. The van der Waals surface area contributed by atoms with Crippen molar-refractivity contribution in [1.29, 1.82) is 0 Å². The molecule has 0 aliphatic carbocycles. The summed E-state index contributed by atoms with van der Waals surface area (Å²) in [4.78, 5) is 29.1. The topological polar surface area (TPSA) is 93.1 Å². The van der Waals surface area contributed by atoms with Crippen molar-refractivity contribution in [3.63, 3.8) is 0 Å². The fraction of sp³-hybridized carbons (Fsp3) is 0.259. The lowest BCUT2D eigenvalue weighted by atomic mass is 10.0. The zero-order valence-electron chi connectivity index (χ0n) is 20.4. The molecule has 1 unspecified atom stereocenters. The number of aromatic nitrogens is 1.